The van der Waals surface area contributed by atoms with Crippen molar-refractivity contribution in [3.05, 3.63) is 78.5 Å². The molecule has 0 fully saturated rings. The Morgan fingerprint density at radius 3 is 2.48 bits per heavy atom. The minimum atomic E-state index is -4.06. The van der Waals surface area contributed by atoms with E-state index in [-0.39, 0.29) is 11.4 Å². The van der Waals surface area contributed by atoms with Crippen LogP contribution in [0.15, 0.2) is 81.1 Å². The Balaban J connectivity index is 1.85. The number of carbonyl (C=O) groups is 1. The number of nitrogens with one attached hydrogen (secondary N) is 1. The second kappa shape index (κ2) is 9.25. The molecule has 29 heavy (non-hydrogen) atoms. The number of anilines is 1. The SMILES string of the molecule is CSc1ccccc1NC(=O)CN(Cc1ccco1)S(=O)(=O)c1ccc(F)cc1. The Labute approximate surface area is 172 Å². The highest BCUT2D eigenvalue weighted by Gasteiger charge is 2.28. The number of nitrogens with zero attached hydrogens (tertiary/aromatic N) is 1. The molecule has 0 saturated carbocycles. The molecule has 0 aliphatic heterocycles. The lowest BCUT2D eigenvalue weighted by molar-refractivity contribution is -0.116. The van der Waals surface area contributed by atoms with Crippen molar-refractivity contribution in [3.8, 4) is 0 Å². The van der Waals surface area contributed by atoms with Crippen LogP contribution in [-0.2, 0) is 21.4 Å². The van der Waals surface area contributed by atoms with E-state index in [1.54, 1.807) is 24.3 Å². The van der Waals surface area contributed by atoms with Crippen molar-refractivity contribution in [1.29, 1.82) is 0 Å². The van der Waals surface area contributed by atoms with Gasteiger partial charge in [0.25, 0.3) is 0 Å². The maximum atomic E-state index is 13.2. The normalized spacial score (nSPS) is 11.6. The molecule has 0 radical (unpaired) electrons. The van der Waals surface area contributed by atoms with E-state index in [0.717, 1.165) is 21.3 Å². The Bertz CT molecular complexity index is 1070. The van der Waals surface area contributed by atoms with Gasteiger partial charge < -0.3 is 9.73 Å². The fraction of sp³-hybridized carbons (Fsp3) is 0.150. The van der Waals surface area contributed by atoms with Crippen molar-refractivity contribution in [2.45, 2.75) is 16.3 Å². The van der Waals surface area contributed by atoms with Crippen LogP contribution in [0.5, 0.6) is 0 Å². The Hall–Kier alpha value is -2.62. The van der Waals surface area contributed by atoms with Crippen LogP contribution < -0.4 is 5.32 Å². The zero-order valence-electron chi connectivity index (χ0n) is 15.5. The third-order valence-corrected chi connectivity index (χ3v) is 6.67. The highest BCUT2D eigenvalue weighted by molar-refractivity contribution is 7.98. The molecule has 1 N–H and O–H groups in total. The highest BCUT2D eigenvalue weighted by Crippen LogP contribution is 2.25. The molecule has 0 saturated heterocycles. The lowest BCUT2D eigenvalue weighted by Gasteiger charge is -2.21. The summed E-state index contributed by atoms with van der Waals surface area (Å²) in [7, 11) is -4.06. The van der Waals surface area contributed by atoms with Gasteiger partial charge in [-0.2, -0.15) is 4.31 Å². The summed E-state index contributed by atoms with van der Waals surface area (Å²) in [5.74, 6) is -0.662. The molecule has 1 heterocycles. The van der Waals surface area contributed by atoms with Crippen LogP contribution in [0, 0.1) is 5.82 Å². The summed E-state index contributed by atoms with van der Waals surface area (Å²) in [6, 6.07) is 14.9. The van der Waals surface area contributed by atoms with Crippen LogP contribution in [0.1, 0.15) is 5.76 Å². The zero-order valence-corrected chi connectivity index (χ0v) is 17.2. The first-order valence-corrected chi connectivity index (χ1v) is 11.3. The van der Waals surface area contributed by atoms with E-state index in [1.807, 2.05) is 18.4 Å². The van der Waals surface area contributed by atoms with Crippen LogP contribution in [0.4, 0.5) is 10.1 Å². The number of carbonyl (C=O) groups excluding carboxylic acids is 1. The van der Waals surface area contributed by atoms with E-state index in [2.05, 4.69) is 5.32 Å². The van der Waals surface area contributed by atoms with Gasteiger partial charge in [0.1, 0.15) is 11.6 Å². The standard InChI is InChI=1S/C20H19FN2O4S2/c1-28-19-7-3-2-6-18(19)22-20(24)14-23(13-16-5-4-12-27-16)29(25,26)17-10-8-15(21)9-11-17/h2-12H,13-14H2,1H3,(H,22,24). The molecule has 6 nitrogen and oxygen atoms in total. The molecule has 3 rings (SSSR count). The Morgan fingerprint density at radius 1 is 1.10 bits per heavy atom. The molecular formula is C20H19FN2O4S2. The Kier molecular flexibility index (Phi) is 6.73. The van der Waals surface area contributed by atoms with E-state index in [9.17, 15) is 17.6 Å². The minimum Gasteiger partial charge on any atom is -0.468 e. The third kappa shape index (κ3) is 5.26. The number of sulfonamides is 1. The minimum absolute atomic E-state index is 0.109. The molecule has 1 aromatic heterocycles. The number of thioether (sulfide) groups is 1. The van der Waals surface area contributed by atoms with E-state index in [0.29, 0.717) is 11.4 Å². The molecule has 0 aliphatic carbocycles. The number of halogens is 1. The van der Waals surface area contributed by atoms with Gasteiger partial charge in [0.05, 0.1) is 29.9 Å². The van der Waals surface area contributed by atoms with Crippen LogP contribution in [0.25, 0.3) is 0 Å². The maximum absolute atomic E-state index is 13.2. The van der Waals surface area contributed by atoms with Crippen molar-refractivity contribution >= 4 is 33.4 Å². The molecule has 0 unspecified atom stereocenters. The molecule has 0 bridgehead atoms. The summed E-state index contributed by atoms with van der Waals surface area (Å²) >= 11 is 1.47. The quantitative estimate of drug-likeness (QED) is 0.543. The average Bonchev–Trinajstić information content (AvgIpc) is 3.21. The number of para-hydroxylation sites is 1. The largest absolute Gasteiger partial charge is 0.468 e. The van der Waals surface area contributed by atoms with Gasteiger partial charge >= 0.3 is 0 Å². The fourth-order valence-electron chi connectivity index (χ4n) is 2.66. The zero-order chi connectivity index (χ0) is 20.9. The van der Waals surface area contributed by atoms with Crippen molar-refractivity contribution in [2.24, 2.45) is 0 Å². The van der Waals surface area contributed by atoms with Gasteiger partial charge in [0.2, 0.25) is 15.9 Å². The van der Waals surface area contributed by atoms with E-state index in [4.69, 9.17) is 4.42 Å². The van der Waals surface area contributed by atoms with Crippen LogP contribution in [0.3, 0.4) is 0 Å². The number of amides is 1. The summed E-state index contributed by atoms with van der Waals surface area (Å²) in [4.78, 5) is 13.4. The van der Waals surface area contributed by atoms with Crippen molar-refractivity contribution in [3.63, 3.8) is 0 Å². The molecular weight excluding hydrogens is 415 g/mol. The average molecular weight is 435 g/mol. The highest BCUT2D eigenvalue weighted by atomic mass is 32.2. The molecule has 2 aromatic carbocycles. The molecule has 152 valence electrons. The van der Waals surface area contributed by atoms with Gasteiger partial charge in [0, 0.05) is 4.90 Å². The van der Waals surface area contributed by atoms with Crippen molar-refractivity contribution in [1.82, 2.24) is 4.31 Å². The fourth-order valence-corrected chi connectivity index (χ4v) is 4.57. The second-order valence-corrected chi connectivity index (χ2v) is 8.84. The van der Waals surface area contributed by atoms with Crippen LogP contribution in [-0.4, -0.2) is 31.4 Å². The van der Waals surface area contributed by atoms with Crippen molar-refractivity contribution < 1.29 is 22.0 Å². The summed E-state index contributed by atoms with van der Waals surface area (Å²) in [6.45, 7) is -0.562. The molecule has 3 aromatic rings. The molecule has 1 amide bonds. The van der Waals surface area contributed by atoms with E-state index in [1.165, 1.54) is 30.2 Å². The second-order valence-electron chi connectivity index (χ2n) is 6.05. The first kappa shape index (κ1) is 21.1. The van der Waals surface area contributed by atoms with E-state index >= 15 is 0 Å². The summed E-state index contributed by atoms with van der Waals surface area (Å²) in [5.41, 5.74) is 0.599. The van der Waals surface area contributed by atoms with Gasteiger partial charge in [-0.05, 0) is 54.8 Å². The Morgan fingerprint density at radius 2 is 1.83 bits per heavy atom. The third-order valence-electron chi connectivity index (χ3n) is 4.06. The monoisotopic (exact) mass is 434 g/mol. The van der Waals surface area contributed by atoms with E-state index < -0.39 is 28.3 Å². The predicted molar refractivity (Wildman–Crippen MR) is 110 cm³/mol. The van der Waals surface area contributed by atoms with Gasteiger partial charge in [-0.3, -0.25) is 4.79 Å². The number of benzene rings is 2. The first-order valence-electron chi connectivity index (χ1n) is 8.61. The number of rotatable bonds is 8. The van der Waals surface area contributed by atoms with Crippen LogP contribution >= 0.6 is 11.8 Å². The smallest absolute Gasteiger partial charge is 0.243 e. The topological polar surface area (TPSA) is 79.6 Å². The number of furan rings is 1. The summed E-state index contributed by atoms with van der Waals surface area (Å²) < 4.78 is 45.6. The maximum Gasteiger partial charge on any atom is 0.243 e. The van der Waals surface area contributed by atoms with Gasteiger partial charge in [-0.25, -0.2) is 12.8 Å². The number of hydrogen-bond donors (Lipinski definition) is 1. The first-order chi connectivity index (χ1) is 13.9. The van der Waals surface area contributed by atoms with Gasteiger partial charge in [-0.15, -0.1) is 11.8 Å². The molecule has 0 spiro atoms. The lowest BCUT2D eigenvalue weighted by atomic mass is 10.3. The summed E-state index contributed by atoms with van der Waals surface area (Å²) in [5, 5.41) is 2.75. The molecule has 0 aliphatic rings. The summed E-state index contributed by atoms with van der Waals surface area (Å²) in [6.07, 6.45) is 3.31. The van der Waals surface area contributed by atoms with Crippen molar-refractivity contribution in [2.75, 3.05) is 18.1 Å². The van der Waals surface area contributed by atoms with Gasteiger partial charge in [0.15, 0.2) is 0 Å². The van der Waals surface area contributed by atoms with Gasteiger partial charge in [-0.1, -0.05) is 12.1 Å². The predicted octanol–water partition coefficient (Wildman–Crippen LogP) is 3.97. The molecule has 9 heteroatoms. The number of hydrogen-bond acceptors (Lipinski definition) is 5. The molecule has 0 atom stereocenters. The lowest BCUT2D eigenvalue weighted by Crippen LogP contribution is -2.37. The van der Waals surface area contributed by atoms with Crippen LogP contribution in [0.2, 0.25) is 0 Å².